The van der Waals surface area contributed by atoms with Gasteiger partial charge < -0.3 is 15.5 Å². The van der Waals surface area contributed by atoms with E-state index in [1.54, 1.807) is 18.2 Å². The van der Waals surface area contributed by atoms with Gasteiger partial charge >= 0.3 is 6.18 Å². The van der Waals surface area contributed by atoms with Gasteiger partial charge in [0.1, 0.15) is 11.4 Å². The second-order valence-corrected chi connectivity index (χ2v) is 3.93. The van der Waals surface area contributed by atoms with E-state index in [1.165, 1.54) is 7.11 Å². The average molecular weight is 258 g/mol. The topological polar surface area (TPSA) is 51.0 Å². The molecule has 1 aromatic heterocycles. The number of rotatable bonds is 3. The van der Waals surface area contributed by atoms with E-state index in [9.17, 15) is 13.2 Å². The lowest BCUT2D eigenvalue weighted by Gasteiger charge is -2.07. The zero-order chi connectivity index (χ0) is 13.3. The number of methoxy groups -OCH3 is 1. The normalized spacial score (nSPS) is 12.1. The van der Waals surface area contributed by atoms with Crippen LogP contribution >= 0.6 is 0 Å². The van der Waals surface area contributed by atoms with Gasteiger partial charge in [0.2, 0.25) is 0 Å². The molecule has 18 heavy (non-hydrogen) atoms. The Morgan fingerprint density at radius 3 is 2.61 bits per heavy atom. The Kier molecular flexibility index (Phi) is 3.21. The molecule has 2 rings (SSSR count). The number of hydrogen-bond acceptors (Lipinski definition) is 2. The molecule has 0 aliphatic rings. The van der Waals surface area contributed by atoms with Crippen molar-refractivity contribution in [3.63, 3.8) is 0 Å². The van der Waals surface area contributed by atoms with Crippen LogP contribution in [0.3, 0.4) is 0 Å². The summed E-state index contributed by atoms with van der Waals surface area (Å²) in [6.07, 6.45) is -4.22. The van der Waals surface area contributed by atoms with E-state index >= 15 is 0 Å². The number of H-pyrrole nitrogens is 1. The maximum atomic E-state index is 12.9. The van der Waals surface area contributed by atoms with Gasteiger partial charge in [-0.1, -0.05) is 0 Å². The Balaban J connectivity index is 2.66. The molecular weight excluding hydrogens is 245 g/mol. The van der Waals surface area contributed by atoms with Crippen LogP contribution in [0.2, 0.25) is 0 Å². The lowest BCUT2D eigenvalue weighted by atomic mass is 10.1. The summed E-state index contributed by atoms with van der Waals surface area (Å²) >= 11 is 0. The molecule has 0 saturated carbocycles. The van der Waals surface area contributed by atoms with E-state index in [2.05, 4.69) is 4.98 Å². The highest BCUT2D eigenvalue weighted by molar-refractivity contribution is 5.86. The third kappa shape index (κ3) is 2.15. The second kappa shape index (κ2) is 4.53. The highest BCUT2D eigenvalue weighted by Crippen LogP contribution is 2.36. The summed E-state index contributed by atoms with van der Waals surface area (Å²) in [7, 11) is 1.47. The molecule has 0 saturated heterocycles. The first-order valence-electron chi connectivity index (χ1n) is 5.43. The van der Waals surface area contributed by atoms with Crippen molar-refractivity contribution >= 4 is 10.9 Å². The lowest BCUT2D eigenvalue weighted by Crippen LogP contribution is -2.11. The molecule has 6 heteroatoms. The van der Waals surface area contributed by atoms with Crippen LogP contribution in [0.15, 0.2) is 18.2 Å². The molecule has 98 valence electrons. The minimum absolute atomic E-state index is 0.169. The molecule has 0 unspecified atom stereocenters. The van der Waals surface area contributed by atoms with Crippen LogP contribution in [-0.2, 0) is 12.6 Å². The van der Waals surface area contributed by atoms with Gasteiger partial charge in [-0.3, -0.25) is 0 Å². The molecule has 1 heterocycles. The van der Waals surface area contributed by atoms with Crippen molar-refractivity contribution in [1.29, 1.82) is 0 Å². The maximum absolute atomic E-state index is 12.9. The van der Waals surface area contributed by atoms with Crippen molar-refractivity contribution in [1.82, 2.24) is 4.98 Å². The van der Waals surface area contributed by atoms with Crippen molar-refractivity contribution in [2.45, 2.75) is 12.6 Å². The van der Waals surface area contributed by atoms with Gasteiger partial charge in [-0.2, -0.15) is 13.2 Å². The summed E-state index contributed by atoms with van der Waals surface area (Å²) in [6.45, 7) is 0.169. The number of aromatic amines is 1. The quantitative estimate of drug-likeness (QED) is 0.889. The molecule has 0 aliphatic heterocycles. The third-order valence-electron chi connectivity index (χ3n) is 2.79. The SMILES string of the molecule is COc1ccc2c(CCN)c(C(F)(F)F)[nH]c2c1. The minimum Gasteiger partial charge on any atom is -0.497 e. The number of nitrogens with two attached hydrogens (primary N) is 1. The fourth-order valence-electron chi connectivity index (χ4n) is 2.01. The molecule has 3 nitrogen and oxygen atoms in total. The average Bonchev–Trinajstić information content (AvgIpc) is 2.67. The van der Waals surface area contributed by atoms with E-state index < -0.39 is 11.9 Å². The summed E-state index contributed by atoms with van der Waals surface area (Å²) in [5, 5.41) is 0.536. The zero-order valence-electron chi connectivity index (χ0n) is 9.77. The number of benzene rings is 1. The molecule has 0 radical (unpaired) electrons. The Hall–Kier alpha value is -1.69. The van der Waals surface area contributed by atoms with Crippen molar-refractivity contribution in [2.75, 3.05) is 13.7 Å². The molecular formula is C12H13F3N2O. The van der Waals surface area contributed by atoms with Gasteiger partial charge in [0.05, 0.1) is 7.11 Å². The Morgan fingerprint density at radius 1 is 1.33 bits per heavy atom. The minimum atomic E-state index is -4.41. The smallest absolute Gasteiger partial charge is 0.431 e. The fraction of sp³-hybridized carbons (Fsp3) is 0.333. The Labute approximate surface area is 102 Å². The summed E-state index contributed by atoms with van der Waals surface area (Å²) in [5.41, 5.74) is 5.27. The zero-order valence-corrected chi connectivity index (χ0v) is 9.77. The highest BCUT2D eigenvalue weighted by atomic mass is 19.4. The number of fused-ring (bicyclic) bond motifs is 1. The molecule has 0 fully saturated rings. The lowest BCUT2D eigenvalue weighted by molar-refractivity contribution is -0.141. The highest BCUT2D eigenvalue weighted by Gasteiger charge is 2.36. The largest absolute Gasteiger partial charge is 0.497 e. The van der Waals surface area contributed by atoms with E-state index in [0.29, 0.717) is 16.7 Å². The number of alkyl halides is 3. The first-order chi connectivity index (χ1) is 8.47. The first-order valence-corrected chi connectivity index (χ1v) is 5.43. The Bertz CT molecular complexity index is 560. The van der Waals surface area contributed by atoms with Crippen molar-refractivity contribution in [3.8, 4) is 5.75 Å². The monoisotopic (exact) mass is 258 g/mol. The number of hydrogen-bond donors (Lipinski definition) is 2. The van der Waals surface area contributed by atoms with E-state index in [0.717, 1.165) is 0 Å². The van der Waals surface area contributed by atoms with Crippen LogP contribution < -0.4 is 10.5 Å². The molecule has 0 amide bonds. The molecule has 2 aromatic rings. The predicted molar refractivity (Wildman–Crippen MR) is 62.6 cm³/mol. The van der Waals surface area contributed by atoms with Crippen LogP contribution in [0.5, 0.6) is 5.75 Å². The first kappa shape index (κ1) is 12.8. The van der Waals surface area contributed by atoms with Crippen molar-refractivity contribution in [2.24, 2.45) is 5.73 Å². The number of aromatic nitrogens is 1. The van der Waals surface area contributed by atoms with Gasteiger partial charge in [-0.15, -0.1) is 0 Å². The number of ether oxygens (including phenoxy) is 1. The molecule has 0 aliphatic carbocycles. The molecule has 0 atom stereocenters. The summed E-state index contributed by atoms with van der Waals surface area (Å²) in [4.78, 5) is 2.40. The maximum Gasteiger partial charge on any atom is 0.431 e. The van der Waals surface area contributed by atoms with Crippen LogP contribution in [0, 0.1) is 0 Å². The summed E-state index contributed by atoms with van der Waals surface area (Å²) in [5.74, 6) is 0.511. The van der Waals surface area contributed by atoms with E-state index in [4.69, 9.17) is 10.5 Å². The van der Waals surface area contributed by atoms with Gasteiger partial charge in [0, 0.05) is 17.0 Å². The summed E-state index contributed by atoms with van der Waals surface area (Å²) in [6, 6.07) is 4.80. The number of nitrogens with one attached hydrogen (secondary N) is 1. The van der Waals surface area contributed by atoms with Crippen LogP contribution in [0.25, 0.3) is 10.9 Å². The predicted octanol–water partition coefficient (Wildman–Crippen LogP) is 2.70. The van der Waals surface area contributed by atoms with Gasteiger partial charge in [-0.25, -0.2) is 0 Å². The van der Waals surface area contributed by atoms with Crippen LogP contribution in [-0.4, -0.2) is 18.6 Å². The fourth-order valence-corrected chi connectivity index (χ4v) is 2.01. The van der Waals surface area contributed by atoms with Gasteiger partial charge in [0.15, 0.2) is 0 Å². The molecule has 1 aromatic carbocycles. The molecule has 0 spiro atoms. The molecule has 3 N–H and O–H groups in total. The standard InChI is InChI=1S/C12H13F3N2O/c1-18-7-2-3-8-9(4-5-16)11(12(13,14)15)17-10(8)6-7/h2-3,6,17H,4-5,16H2,1H3. The second-order valence-electron chi connectivity index (χ2n) is 3.93. The number of halogens is 3. The van der Waals surface area contributed by atoms with Crippen molar-refractivity contribution in [3.05, 3.63) is 29.5 Å². The van der Waals surface area contributed by atoms with E-state index in [-0.39, 0.29) is 18.5 Å². The van der Waals surface area contributed by atoms with E-state index in [1.807, 2.05) is 0 Å². The summed E-state index contributed by atoms with van der Waals surface area (Å²) < 4.78 is 43.7. The van der Waals surface area contributed by atoms with Gasteiger partial charge in [0.25, 0.3) is 0 Å². The molecule has 0 bridgehead atoms. The third-order valence-corrected chi connectivity index (χ3v) is 2.79. The van der Waals surface area contributed by atoms with Crippen molar-refractivity contribution < 1.29 is 17.9 Å². The van der Waals surface area contributed by atoms with Crippen LogP contribution in [0.4, 0.5) is 13.2 Å². The van der Waals surface area contributed by atoms with Crippen LogP contribution in [0.1, 0.15) is 11.3 Å². The van der Waals surface area contributed by atoms with Gasteiger partial charge in [-0.05, 0) is 30.7 Å². The Morgan fingerprint density at radius 2 is 2.06 bits per heavy atom.